The summed E-state index contributed by atoms with van der Waals surface area (Å²) in [5.74, 6) is -1.21. The van der Waals surface area contributed by atoms with Crippen LogP contribution in [0.25, 0.3) is 0 Å². The number of carboxylic acids is 1. The Morgan fingerprint density at radius 2 is 2.20 bits per heavy atom. The van der Waals surface area contributed by atoms with Crippen molar-refractivity contribution >= 4 is 27.6 Å². The summed E-state index contributed by atoms with van der Waals surface area (Å²) in [4.78, 5) is 20.5. The second-order valence-corrected chi connectivity index (χ2v) is 3.74. The number of nitrogens with zero attached hydrogens (tertiary/aromatic N) is 1. The Bertz CT molecular complexity index is 433. The molecular weight excluding hydrogens is 268 g/mol. The zero-order chi connectivity index (χ0) is 11.6. The number of anilines is 1. The molecule has 1 aromatic rings. The fourth-order valence-corrected chi connectivity index (χ4v) is 1.63. The highest BCUT2D eigenvalue weighted by Gasteiger charge is 2.15. The summed E-state index contributed by atoms with van der Waals surface area (Å²) in [7, 11) is 0. The maximum atomic E-state index is 10.7. The van der Waals surface area contributed by atoms with E-state index in [9.17, 15) is 14.9 Å². The molecule has 1 aromatic carbocycles. The van der Waals surface area contributed by atoms with E-state index < -0.39 is 17.4 Å². The van der Waals surface area contributed by atoms with E-state index in [4.69, 9.17) is 10.8 Å². The van der Waals surface area contributed by atoms with Crippen LogP contribution >= 0.6 is 15.9 Å². The number of nitro groups is 1. The number of hydrogen-bond donors (Lipinski definition) is 2. The van der Waals surface area contributed by atoms with E-state index in [-0.39, 0.29) is 16.8 Å². The van der Waals surface area contributed by atoms with Crippen LogP contribution in [0.4, 0.5) is 5.69 Å². The summed E-state index contributed by atoms with van der Waals surface area (Å²) in [5, 5.41) is 19.1. The van der Waals surface area contributed by atoms with Gasteiger partial charge >= 0.3 is 5.97 Å². The Kier molecular flexibility index (Phi) is 3.25. The molecule has 0 heterocycles. The van der Waals surface area contributed by atoms with Gasteiger partial charge < -0.3 is 10.8 Å². The van der Waals surface area contributed by atoms with E-state index >= 15 is 0 Å². The van der Waals surface area contributed by atoms with Gasteiger partial charge in [0.05, 0.1) is 11.3 Å². The third-order valence-corrected chi connectivity index (χ3v) is 2.22. The number of benzene rings is 1. The van der Waals surface area contributed by atoms with Crippen molar-refractivity contribution in [3.63, 3.8) is 0 Å². The van der Waals surface area contributed by atoms with Gasteiger partial charge in [0.1, 0.15) is 0 Å². The molecule has 1 rings (SSSR count). The summed E-state index contributed by atoms with van der Waals surface area (Å²) in [5.41, 5.74) is 5.48. The lowest BCUT2D eigenvalue weighted by atomic mass is 10.1. The number of nitrogen functional groups attached to an aromatic ring is 1. The lowest BCUT2D eigenvalue weighted by Crippen LogP contribution is -2.08. The first-order chi connectivity index (χ1) is 6.91. The first-order valence-electron chi connectivity index (χ1n) is 3.85. The van der Waals surface area contributed by atoms with E-state index in [2.05, 4.69) is 15.9 Å². The molecule has 0 bridgehead atoms. The SMILES string of the molecule is Nc1c(C[N+](=O)[O-])cc(Br)cc1C(=O)O. The summed E-state index contributed by atoms with van der Waals surface area (Å²) in [6.45, 7) is -0.494. The molecule has 0 aliphatic carbocycles. The van der Waals surface area contributed by atoms with Crippen LogP contribution in [0, 0.1) is 10.1 Å². The summed E-state index contributed by atoms with van der Waals surface area (Å²) >= 11 is 3.06. The van der Waals surface area contributed by atoms with E-state index in [0.717, 1.165) is 0 Å². The van der Waals surface area contributed by atoms with Crippen LogP contribution in [0.2, 0.25) is 0 Å². The molecule has 6 nitrogen and oxygen atoms in total. The number of nitrogens with two attached hydrogens (primary N) is 1. The molecule has 0 amide bonds. The van der Waals surface area contributed by atoms with Crippen LogP contribution in [-0.4, -0.2) is 16.0 Å². The number of halogens is 1. The quantitative estimate of drug-likeness (QED) is 0.494. The Balaban J connectivity index is 3.28. The van der Waals surface area contributed by atoms with Crippen LogP contribution in [0.3, 0.4) is 0 Å². The van der Waals surface area contributed by atoms with Crippen molar-refractivity contribution in [1.82, 2.24) is 0 Å². The van der Waals surface area contributed by atoms with Crippen molar-refractivity contribution in [1.29, 1.82) is 0 Å². The van der Waals surface area contributed by atoms with Gasteiger partial charge in [-0.05, 0) is 12.1 Å². The van der Waals surface area contributed by atoms with Crippen LogP contribution in [0.15, 0.2) is 16.6 Å². The van der Waals surface area contributed by atoms with Gasteiger partial charge in [-0.25, -0.2) is 4.79 Å². The molecule has 0 atom stereocenters. The molecular formula is C8H7BrN2O4. The summed E-state index contributed by atoms with van der Waals surface area (Å²) in [6, 6.07) is 2.74. The molecule has 80 valence electrons. The van der Waals surface area contributed by atoms with E-state index in [1.807, 2.05) is 0 Å². The molecule has 0 aliphatic heterocycles. The minimum atomic E-state index is -1.21. The molecule has 0 spiro atoms. The molecule has 0 unspecified atom stereocenters. The van der Waals surface area contributed by atoms with Gasteiger partial charge in [0.2, 0.25) is 6.54 Å². The topological polar surface area (TPSA) is 106 Å². The van der Waals surface area contributed by atoms with Gasteiger partial charge in [0.25, 0.3) is 0 Å². The summed E-state index contributed by atoms with van der Waals surface area (Å²) in [6.07, 6.45) is 0. The molecule has 0 radical (unpaired) electrons. The highest BCUT2D eigenvalue weighted by molar-refractivity contribution is 9.10. The van der Waals surface area contributed by atoms with Crippen molar-refractivity contribution in [3.8, 4) is 0 Å². The standard InChI is InChI=1S/C8H7BrN2O4/c9-5-1-4(3-11(14)15)7(10)6(2-5)8(12)13/h1-2H,3,10H2,(H,12,13). The predicted molar refractivity (Wildman–Crippen MR) is 56.2 cm³/mol. The van der Waals surface area contributed by atoms with Crippen LogP contribution in [-0.2, 0) is 6.54 Å². The van der Waals surface area contributed by atoms with Gasteiger partial charge in [0.15, 0.2) is 0 Å². The molecule has 3 N–H and O–H groups in total. The molecule has 0 saturated carbocycles. The predicted octanol–water partition coefficient (Wildman–Crippen LogP) is 1.51. The molecule has 0 aliphatic rings. The smallest absolute Gasteiger partial charge is 0.337 e. The molecule has 0 fully saturated rings. The van der Waals surface area contributed by atoms with Crippen LogP contribution in [0.1, 0.15) is 15.9 Å². The second kappa shape index (κ2) is 4.26. The Morgan fingerprint density at radius 1 is 1.60 bits per heavy atom. The average Bonchev–Trinajstić information content (AvgIpc) is 2.09. The third-order valence-electron chi connectivity index (χ3n) is 1.76. The monoisotopic (exact) mass is 274 g/mol. The number of carbonyl (C=O) groups is 1. The minimum Gasteiger partial charge on any atom is -0.478 e. The number of aromatic carboxylic acids is 1. The lowest BCUT2D eigenvalue weighted by Gasteiger charge is -2.06. The van der Waals surface area contributed by atoms with Crippen molar-refractivity contribution in [2.75, 3.05) is 5.73 Å². The lowest BCUT2D eigenvalue weighted by molar-refractivity contribution is -0.496. The second-order valence-electron chi connectivity index (χ2n) is 2.82. The van der Waals surface area contributed by atoms with Crippen LogP contribution < -0.4 is 5.73 Å². The van der Waals surface area contributed by atoms with Crippen molar-refractivity contribution in [3.05, 3.63) is 37.8 Å². The third kappa shape index (κ3) is 2.66. The average molecular weight is 275 g/mol. The highest BCUT2D eigenvalue weighted by Crippen LogP contribution is 2.24. The van der Waals surface area contributed by atoms with Crippen LogP contribution in [0.5, 0.6) is 0 Å². The van der Waals surface area contributed by atoms with Gasteiger partial charge in [0, 0.05) is 15.0 Å². The maximum absolute atomic E-state index is 10.7. The zero-order valence-electron chi connectivity index (χ0n) is 7.44. The summed E-state index contributed by atoms with van der Waals surface area (Å²) < 4.78 is 0.450. The molecule has 7 heteroatoms. The van der Waals surface area contributed by atoms with E-state index in [0.29, 0.717) is 4.47 Å². The Morgan fingerprint density at radius 3 is 2.67 bits per heavy atom. The molecule has 0 aromatic heterocycles. The van der Waals surface area contributed by atoms with Crippen molar-refractivity contribution < 1.29 is 14.8 Å². The van der Waals surface area contributed by atoms with Gasteiger partial charge in [-0.15, -0.1) is 0 Å². The normalized spacial score (nSPS) is 9.93. The van der Waals surface area contributed by atoms with Gasteiger partial charge in [-0.3, -0.25) is 10.1 Å². The molecule has 15 heavy (non-hydrogen) atoms. The number of rotatable bonds is 3. The van der Waals surface area contributed by atoms with E-state index in [1.165, 1.54) is 12.1 Å². The highest BCUT2D eigenvalue weighted by atomic mass is 79.9. The zero-order valence-corrected chi connectivity index (χ0v) is 9.02. The fraction of sp³-hybridized carbons (Fsp3) is 0.125. The van der Waals surface area contributed by atoms with Crippen molar-refractivity contribution in [2.24, 2.45) is 0 Å². The van der Waals surface area contributed by atoms with E-state index in [1.54, 1.807) is 0 Å². The number of carboxylic acid groups (broad SMARTS) is 1. The Hall–Kier alpha value is -1.63. The largest absolute Gasteiger partial charge is 0.478 e. The fourth-order valence-electron chi connectivity index (χ4n) is 1.12. The maximum Gasteiger partial charge on any atom is 0.337 e. The minimum absolute atomic E-state index is 0.0672. The van der Waals surface area contributed by atoms with Gasteiger partial charge in [-0.2, -0.15) is 0 Å². The Labute approximate surface area is 93.0 Å². The van der Waals surface area contributed by atoms with Crippen molar-refractivity contribution in [2.45, 2.75) is 6.54 Å². The molecule has 0 saturated heterocycles. The van der Waals surface area contributed by atoms with Gasteiger partial charge in [-0.1, -0.05) is 15.9 Å². The number of hydrogen-bond acceptors (Lipinski definition) is 4. The first-order valence-corrected chi connectivity index (χ1v) is 4.64. The first kappa shape index (κ1) is 11.4.